The molecule has 0 bridgehead atoms. The van der Waals surface area contributed by atoms with Crippen LogP contribution >= 0.6 is 0 Å². The van der Waals surface area contributed by atoms with Crippen molar-refractivity contribution >= 4 is 12.1 Å². The average molecular weight is 282 g/mol. The molecule has 0 fully saturated rings. The highest BCUT2D eigenvalue weighted by molar-refractivity contribution is 5.80. The van der Waals surface area contributed by atoms with Gasteiger partial charge in [-0.1, -0.05) is 12.1 Å². The normalized spacial score (nSPS) is 12.6. The zero-order valence-corrected chi connectivity index (χ0v) is 11.7. The molecule has 6 heteroatoms. The highest BCUT2D eigenvalue weighted by Gasteiger charge is 2.24. The summed E-state index contributed by atoms with van der Waals surface area (Å²) < 4.78 is 5.02. The van der Waals surface area contributed by atoms with Gasteiger partial charge in [0.25, 0.3) is 0 Å². The molecule has 0 aromatic heterocycles. The Balaban J connectivity index is 2.68. The van der Waals surface area contributed by atoms with Crippen molar-refractivity contribution in [2.45, 2.75) is 38.8 Å². The molecule has 1 rings (SSSR count). The molecule has 1 atom stereocenters. The van der Waals surface area contributed by atoms with Crippen LogP contribution in [0.3, 0.4) is 0 Å². The zero-order valence-electron chi connectivity index (χ0n) is 11.7. The Morgan fingerprint density at radius 2 is 1.80 bits per heavy atom. The van der Waals surface area contributed by atoms with Crippen molar-refractivity contribution in [3.05, 3.63) is 29.8 Å². The van der Waals surface area contributed by atoms with E-state index in [1.165, 1.54) is 12.1 Å². The Bertz CT molecular complexity index is 475. The quantitative estimate of drug-likeness (QED) is 0.733. The second-order valence-corrected chi connectivity index (χ2v) is 5.41. The molecule has 110 valence electrons. The number of rotatable bonds is 4. The first-order valence-corrected chi connectivity index (χ1v) is 6.17. The van der Waals surface area contributed by atoms with E-state index in [4.69, 9.17) is 14.9 Å². The van der Waals surface area contributed by atoms with Gasteiger partial charge in [0.05, 0.1) is 0 Å². The number of carbonyl (C=O) groups is 2. The molecule has 0 aliphatic heterocycles. The van der Waals surface area contributed by atoms with Crippen LogP contribution in [0.4, 0.5) is 4.79 Å². The molecular weight excluding hydrogens is 263 g/mol. The van der Waals surface area contributed by atoms with Crippen LogP contribution in [-0.2, 0) is 16.0 Å². The van der Waals surface area contributed by atoms with Crippen LogP contribution in [0.15, 0.2) is 24.3 Å². The summed E-state index contributed by atoms with van der Waals surface area (Å²) in [5.41, 5.74) is -0.00247. The van der Waals surface area contributed by atoms with E-state index in [9.17, 15) is 9.59 Å². The minimum Gasteiger partial charge on any atom is -0.508 e. The van der Waals surface area contributed by atoms with Crippen molar-refractivity contribution in [2.75, 3.05) is 0 Å². The average Bonchev–Trinajstić information content (AvgIpc) is 2.28. The number of ether oxygens (including phenoxy) is 1. The Hall–Kier alpha value is -2.24. The number of carbonyl (C=O) groups excluding carboxylic acids is 1. The molecule has 0 spiro atoms. The van der Waals surface area contributed by atoms with Crippen molar-refractivity contribution in [3.8, 4) is 5.75 Å². The van der Waals surface area contributed by atoms with E-state index in [-0.39, 0.29) is 12.2 Å². The van der Waals surface area contributed by atoms with E-state index in [1.807, 2.05) is 0 Å². The molecule has 0 heterocycles. The van der Waals surface area contributed by atoms with Crippen LogP contribution in [-0.4, -0.2) is 33.9 Å². The number of aromatic hydroxyl groups is 1. The number of amides is 1. The van der Waals surface area contributed by atoms with Crippen LogP contribution in [0, 0.1) is 0 Å². The number of carboxylic acid groups (broad SMARTS) is 1. The second-order valence-electron chi connectivity index (χ2n) is 5.41. The number of alkyl carbamates (subject to hydrolysis) is 1. The molecule has 0 aliphatic rings. The highest BCUT2D eigenvalue weighted by Crippen LogP contribution is 2.12. The van der Waals surface area contributed by atoms with Gasteiger partial charge in [0.15, 0.2) is 0 Å². The minimum absolute atomic E-state index is 0.0979. The second kappa shape index (κ2) is 6.27. The molecule has 3 N–H and O–H groups in total. The number of aliphatic carboxylic acids is 1. The first kappa shape index (κ1) is 15.8. The van der Waals surface area contributed by atoms with Gasteiger partial charge in [0.2, 0.25) is 0 Å². The minimum atomic E-state index is -1.15. The summed E-state index contributed by atoms with van der Waals surface area (Å²) >= 11 is 0. The summed E-state index contributed by atoms with van der Waals surface area (Å²) in [6.45, 7) is 5.09. The molecule has 0 radical (unpaired) electrons. The van der Waals surface area contributed by atoms with Crippen LogP contribution in [0.2, 0.25) is 0 Å². The lowest BCUT2D eigenvalue weighted by molar-refractivity contribution is -0.139. The van der Waals surface area contributed by atoms with E-state index in [1.54, 1.807) is 32.9 Å². The topological polar surface area (TPSA) is 95.9 Å². The van der Waals surface area contributed by atoms with Gasteiger partial charge in [0.1, 0.15) is 17.4 Å². The van der Waals surface area contributed by atoms with E-state index in [0.29, 0.717) is 5.56 Å². The third-order valence-corrected chi connectivity index (χ3v) is 2.37. The van der Waals surface area contributed by atoms with Crippen molar-refractivity contribution in [1.29, 1.82) is 0 Å². The summed E-state index contributed by atoms with van der Waals surface area (Å²) in [7, 11) is 0. The third kappa shape index (κ3) is 5.60. The van der Waals surface area contributed by atoms with Gasteiger partial charge >= 0.3 is 12.1 Å². The Morgan fingerprint density at radius 3 is 2.25 bits per heavy atom. The van der Waals surface area contributed by atoms with Gasteiger partial charge < -0.3 is 20.3 Å². The van der Waals surface area contributed by atoms with E-state index < -0.39 is 23.7 Å². The molecule has 1 aromatic rings. The van der Waals surface area contributed by atoms with E-state index in [0.717, 1.165) is 0 Å². The standard InChI is InChI=1S/C14H19NO5/c1-14(2,3)20-13(19)15-11(12(17)18)8-9-4-6-10(16)7-5-9/h4-7,11,16H,8H2,1-3H3,(H,15,19)(H,17,18)/i15+1. The zero-order chi connectivity index (χ0) is 15.3. The third-order valence-electron chi connectivity index (χ3n) is 2.37. The Labute approximate surface area is 117 Å². The maximum absolute atomic E-state index is 11.6. The van der Waals surface area contributed by atoms with Crippen LogP contribution in [0.25, 0.3) is 0 Å². The molecule has 20 heavy (non-hydrogen) atoms. The smallest absolute Gasteiger partial charge is 0.408 e. The van der Waals surface area contributed by atoms with Gasteiger partial charge in [-0.3, -0.25) is 0 Å². The molecule has 0 saturated heterocycles. The maximum Gasteiger partial charge on any atom is 0.408 e. The van der Waals surface area contributed by atoms with E-state index >= 15 is 0 Å². The summed E-state index contributed by atoms with van der Waals surface area (Å²) in [5.74, 6) is -1.05. The van der Waals surface area contributed by atoms with Crippen molar-refractivity contribution < 1.29 is 24.5 Å². The maximum atomic E-state index is 11.6. The number of hydrogen-bond donors (Lipinski definition) is 3. The summed E-state index contributed by atoms with van der Waals surface area (Å²) in [4.78, 5) is 22.7. The summed E-state index contributed by atoms with van der Waals surface area (Å²) in [5, 5.41) is 20.6. The SMILES string of the molecule is CC(C)(C)OC(=O)[15NH]C(Cc1ccc(O)cc1)C(=O)O. The van der Waals surface area contributed by atoms with Crippen LogP contribution in [0.5, 0.6) is 5.75 Å². The highest BCUT2D eigenvalue weighted by atomic mass is 16.6. The summed E-state index contributed by atoms with van der Waals surface area (Å²) in [6.07, 6.45) is -0.668. The van der Waals surface area contributed by atoms with Gasteiger partial charge in [-0.15, -0.1) is 0 Å². The van der Waals surface area contributed by atoms with Crippen molar-refractivity contribution in [1.82, 2.24) is 5.32 Å². The van der Waals surface area contributed by atoms with Crippen molar-refractivity contribution in [3.63, 3.8) is 0 Å². The fourth-order valence-corrected chi connectivity index (χ4v) is 1.52. The van der Waals surface area contributed by atoms with Crippen LogP contribution in [0.1, 0.15) is 26.3 Å². The first-order chi connectivity index (χ1) is 9.17. The molecule has 1 aromatic carbocycles. The number of nitrogens with one attached hydrogen (secondary N) is 1. The van der Waals surface area contributed by atoms with Gasteiger partial charge in [-0.2, -0.15) is 0 Å². The van der Waals surface area contributed by atoms with E-state index in [2.05, 4.69) is 5.32 Å². The molecule has 0 saturated carbocycles. The lowest BCUT2D eigenvalue weighted by atomic mass is 10.1. The summed E-state index contributed by atoms with van der Waals surface area (Å²) in [6, 6.07) is 5.03. The lowest BCUT2D eigenvalue weighted by Gasteiger charge is -2.22. The Morgan fingerprint density at radius 1 is 1.25 bits per heavy atom. The van der Waals surface area contributed by atoms with Gasteiger partial charge in [0, 0.05) is 6.42 Å². The molecule has 0 aliphatic carbocycles. The Kier molecular flexibility index (Phi) is 4.96. The molecule has 1 unspecified atom stereocenters. The number of carboxylic acids is 1. The predicted molar refractivity (Wildman–Crippen MR) is 72.6 cm³/mol. The van der Waals surface area contributed by atoms with Crippen LogP contribution < -0.4 is 5.32 Å². The first-order valence-electron chi connectivity index (χ1n) is 6.17. The molecule has 6 nitrogen and oxygen atoms in total. The molecular formula is C14H19NO5. The largest absolute Gasteiger partial charge is 0.508 e. The fourth-order valence-electron chi connectivity index (χ4n) is 1.52. The monoisotopic (exact) mass is 282 g/mol. The number of benzene rings is 1. The van der Waals surface area contributed by atoms with Crippen molar-refractivity contribution in [2.24, 2.45) is 0 Å². The number of hydrogen-bond acceptors (Lipinski definition) is 4. The molecule has 1 amide bonds. The number of phenols is 1. The lowest BCUT2D eigenvalue weighted by Crippen LogP contribution is -2.44. The fraction of sp³-hybridized carbons (Fsp3) is 0.429. The number of phenolic OH excluding ortho intramolecular Hbond substituents is 1. The van der Waals surface area contributed by atoms with Gasteiger partial charge in [-0.05, 0) is 38.5 Å². The predicted octanol–water partition coefficient (Wildman–Crippen LogP) is 1.91. The van der Waals surface area contributed by atoms with Gasteiger partial charge in [-0.25, -0.2) is 9.59 Å².